The third-order valence-electron chi connectivity index (χ3n) is 5.11. The van der Waals surface area contributed by atoms with E-state index in [1.807, 2.05) is 0 Å². The highest BCUT2D eigenvalue weighted by atomic mass is 16.5. The van der Waals surface area contributed by atoms with Gasteiger partial charge in [-0.2, -0.15) is 0 Å². The van der Waals surface area contributed by atoms with Crippen LogP contribution in [-0.2, 0) is 9.53 Å². The largest absolute Gasteiger partial charge is 0.487 e. The fraction of sp³-hybridized carbons (Fsp3) is 0.611. The Labute approximate surface area is 131 Å². The maximum atomic E-state index is 12.3. The standard InChI is InChI=1S/C18H23NO3/c1-12-2-5-16-14(10-12)15(19-17(20)13-3-4-13)11-18(22-16)6-8-21-9-7-18/h2,5,10,13,15H,3-4,6-9,11H2,1H3,(H,19,20)/t15-/m0/s1. The van der Waals surface area contributed by atoms with Crippen molar-refractivity contribution >= 4 is 5.91 Å². The van der Waals surface area contributed by atoms with Crippen LogP contribution >= 0.6 is 0 Å². The first-order valence-electron chi connectivity index (χ1n) is 8.33. The molecule has 118 valence electrons. The fourth-order valence-electron chi connectivity index (χ4n) is 3.60. The quantitative estimate of drug-likeness (QED) is 0.913. The molecule has 1 N–H and O–H groups in total. The number of fused-ring (bicyclic) bond motifs is 1. The molecule has 3 aliphatic rings. The van der Waals surface area contributed by atoms with Gasteiger partial charge in [-0.05, 0) is 25.8 Å². The highest BCUT2D eigenvalue weighted by Crippen LogP contribution is 2.44. The third kappa shape index (κ3) is 2.60. The van der Waals surface area contributed by atoms with Gasteiger partial charge in [0.05, 0.1) is 19.3 Å². The Bertz CT molecular complexity index is 588. The molecule has 4 nitrogen and oxygen atoms in total. The second-order valence-electron chi connectivity index (χ2n) is 6.98. The lowest BCUT2D eigenvalue weighted by molar-refractivity contribution is -0.124. The van der Waals surface area contributed by atoms with E-state index in [4.69, 9.17) is 9.47 Å². The lowest BCUT2D eigenvalue weighted by atomic mass is 9.81. The average molecular weight is 301 g/mol. The van der Waals surface area contributed by atoms with E-state index in [9.17, 15) is 4.79 Å². The van der Waals surface area contributed by atoms with Crippen molar-refractivity contribution in [1.29, 1.82) is 0 Å². The summed E-state index contributed by atoms with van der Waals surface area (Å²) in [5.74, 6) is 1.38. The van der Waals surface area contributed by atoms with Crippen LogP contribution in [0.1, 0.15) is 49.3 Å². The Hall–Kier alpha value is -1.55. The number of rotatable bonds is 2. The van der Waals surface area contributed by atoms with Gasteiger partial charge in [0.25, 0.3) is 0 Å². The molecule has 4 heteroatoms. The number of nitrogens with one attached hydrogen (secondary N) is 1. The van der Waals surface area contributed by atoms with Gasteiger partial charge in [0, 0.05) is 30.7 Å². The van der Waals surface area contributed by atoms with Gasteiger partial charge in [-0.3, -0.25) is 4.79 Å². The average Bonchev–Trinajstić information content (AvgIpc) is 3.34. The van der Waals surface area contributed by atoms with Crippen LogP contribution in [0.5, 0.6) is 5.75 Å². The first kappa shape index (κ1) is 14.1. The molecule has 4 rings (SSSR count). The van der Waals surface area contributed by atoms with Gasteiger partial charge < -0.3 is 14.8 Å². The zero-order valence-corrected chi connectivity index (χ0v) is 13.1. The fourth-order valence-corrected chi connectivity index (χ4v) is 3.60. The molecule has 1 aromatic rings. The zero-order chi connectivity index (χ0) is 15.2. The number of hydrogen-bond donors (Lipinski definition) is 1. The van der Waals surface area contributed by atoms with Crippen molar-refractivity contribution in [1.82, 2.24) is 5.32 Å². The summed E-state index contributed by atoms with van der Waals surface area (Å²) in [5.41, 5.74) is 2.16. The normalized spacial score (nSPS) is 26.1. The Morgan fingerprint density at radius 1 is 1.27 bits per heavy atom. The summed E-state index contributed by atoms with van der Waals surface area (Å²) < 4.78 is 11.9. The number of carbonyl (C=O) groups excluding carboxylic acids is 1. The van der Waals surface area contributed by atoms with Crippen molar-refractivity contribution in [2.75, 3.05) is 13.2 Å². The van der Waals surface area contributed by atoms with Crippen LogP contribution in [0.3, 0.4) is 0 Å². The molecule has 1 spiro atoms. The molecule has 1 amide bonds. The molecule has 1 aliphatic carbocycles. The minimum absolute atomic E-state index is 0.0647. The smallest absolute Gasteiger partial charge is 0.223 e. The Morgan fingerprint density at radius 2 is 2.05 bits per heavy atom. The zero-order valence-electron chi connectivity index (χ0n) is 13.1. The lowest BCUT2D eigenvalue weighted by Gasteiger charge is -2.44. The molecule has 1 saturated heterocycles. The summed E-state index contributed by atoms with van der Waals surface area (Å²) in [6, 6.07) is 6.35. The van der Waals surface area contributed by atoms with Gasteiger partial charge in [-0.1, -0.05) is 17.7 Å². The molecular weight excluding hydrogens is 278 g/mol. The highest BCUT2D eigenvalue weighted by molar-refractivity contribution is 5.81. The number of amides is 1. The number of benzene rings is 1. The lowest BCUT2D eigenvalue weighted by Crippen LogP contribution is -2.48. The van der Waals surface area contributed by atoms with Crippen molar-refractivity contribution in [3.8, 4) is 5.75 Å². The summed E-state index contributed by atoms with van der Waals surface area (Å²) in [6.45, 7) is 3.56. The van der Waals surface area contributed by atoms with E-state index >= 15 is 0 Å². The first-order valence-corrected chi connectivity index (χ1v) is 8.33. The summed E-state index contributed by atoms with van der Waals surface area (Å²) in [6.07, 6.45) is 4.72. The van der Waals surface area contributed by atoms with Crippen molar-refractivity contribution < 1.29 is 14.3 Å². The second kappa shape index (κ2) is 5.27. The molecule has 22 heavy (non-hydrogen) atoms. The maximum Gasteiger partial charge on any atom is 0.223 e. The monoisotopic (exact) mass is 301 g/mol. The van der Waals surface area contributed by atoms with E-state index in [1.54, 1.807) is 0 Å². The number of ether oxygens (including phenoxy) is 2. The van der Waals surface area contributed by atoms with Crippen molar-refractivity contribution in [2.24, 2.45) is 5.92 Å². The first-order chi connectivity index (χ1) is 10.7. The predicted molar refractivity (Wildman–Crippen MR) is 82.8 cm³/mol. The highest BCUT2D eigenvalue weighted by Gasteiger charge is 2.43. The van der Waals surface area contributed by atoms with Gasteiger partial charge in [-0.15, -0.1) is 0 Å². The summed E-state index contributed by atoms with van der Waals surface area (Å²) in [7, 11) is 0. The minimum Gasteiger partial charge on any atom is -0.487 e. The number of aryl methyl sites for hydroxylation is 1. The van der Waals surface area contributed by atoms with Crippen LogP contribution < -0.4 is 10.1 Å². The molecule has 2 heterocycles. The summed E-state index contributed by atoms with van der Waals surface area (Å²) in [5, 5.41) is 3.28. The van der Waals surface area contributed by atoms with E-state index in [0.29, 0.717) is 0 Å². The van der Waals surface area contributed by atoms with Crippen LogP contribution in [0.2, 0.25) is 0 Å². The van der Waals surface area contributed by atoms with Gasteiger partial charge in [0.15, 0.2) is 0 Å². The van der Waals surface area contributed by atoms with E-state index < -0.39 is 0 Å². The second-order valence-corrected chi connectivity index (χ2v) is 6.98. The van der Waals surface area contributed by atoms with E-state index in [0.717, 1.165) is 56.6 Å². The number of carbonyl (C=O) groups is 1. The van der Waals surface area contributed by atoms with E-state index in [2.05, 4.69) is 30.4 Å². The summed E-state index contributed by atoms with van der Waals surface area (Å²) in [4.78, 5) is 12.3. The van der Waals surface area contributed by atoms with Gasteiger partial charge in [0.1, 0.15) is 11.4 Å². The molecule has 2 aliphatic heterocycles. The predicted octanol–water partition coefficient (Wildman–Crippen LogP) is 2.89. The maximum absolute atomic E-state index is 12.3. The van der Waals surface area contributed by atoms with Crippen LogP contribution in [0.4, 0.5) is 0 Å². The summed E-state index contributed by atoms with van der Waals surface area (Å²) >= 11 is 0. The molecule has 2 fully saturated rings. The van der Waals surface area contributed by atoms with Crippen molar-refractivity contribution in [3.63, 3.8) is 0 Å². The topological polar surface area (TPSA) is 47.6 Å². The molecule has 1 aromatic carbocycles. The van der Waals surface area contributed by atoms with E-state index in [-0.39, 0.29) is 23.5 Å². The molecule has 0 aromatic heterocycles. The molecular formula is C18H23NO3. The van der Waals surface area contributed by atoms with Crippen molar-refractivity contribution in [2.45, 2.75) is 50.7 Å². The van der Waals surface area contributed by atoms with Crippen LogP contribution in [0, 0.1) is 12.8 Å². The van der Waals surface area contributed by atoms with Gasteiger partial charge in [0.2, 0.25) is 5.91 Å². The minimum atomic E-state index is -0.179. The Morgan fingerprint density at radius 3 is 2.77 bits per heavy atom. The van der Waals surface area contributed by atoms with Crippen LogP contribution in [0.15, 0.2) is 18.2 Å². The van der Waals surface area contributed by atoms with Crippen LogP contribution in [-0.4, -0.2) is 24.7 Å². The van der Waals surface area contributed by atoms with Crippen molar-refractivity contribution in [3.05, 3.63) is 29.3 Å². The van der Waals surface area contributed by atoms with Crippen LogP contribution in [0.25, 0.3) is 0 Å². The van der Waals surface area contributed by atoms with E-state index in [1.165, 1.54) is 5.56 Å². The molecule has 0 radical (unpaired) electrons. The number of hydrogen-bond acceptors (Lipinski definition) is 3. The molecule has 0 unspecified atom stereocenters. The Kier molecular flexibility index (Phi) is 3.37. The van der Waals surface area contributed by atoms with Gasteiger partial charge in [-0.25, -0.2) is 0 Å². The molecule has 1 saturated carbocycles. The molecule has 0 bridgehead atoms. The van der Waals surface area contributed by atoms with Gasteiger partial charge >= 0.3 is 0 Å². The Balaban J connectivity index is 1.64. The molecule has 1 atom stereocenters. The third-order valence-corrected chi connectivity index (χ3v) is 5.11. The SMILES string of the molecule is Cc1ccc2c(c1)[C@@H](NC(=O)C1CC1)CC1(CCOCC1)O2.